The van der Waals surface area contributed by atoms with Crippen LogP contribution < -0.4 is 10.6 Å². The average Bonchev–Trinajstić information content (AvgIpc) is 2.40. The highest BCUT2D eigenvalue weighted by atomic mass is 19.1. The highest BCUT2D eigenvalue weighted by Crippen LogP contribution is 2.22. The predicted molar refractivity (Wildman–Crippen MR) is 76.8 cm³/mol. The topological polar surface area (TPSA) is 37.0 Å². The smallest absolute Gasteiger partial charge is 0.128 e. The van der Waals surface area contributed by atoms with Crippen molar-refractivity contribution in [3.8, 4) is 0 Å². The Labute approximate surface area is 112 Å². The number of halogens is 1. The van der Waals surface area contributed by atoms with E-state index in [1.165, 1.54) is 6.07 Å². The lowest BCUT2D eigenvalue weighted by molar-refractivity contribution is 0.600. The first-order chi connectivity index (χ1) is 9.20. The van der Waals surface area contributed by atoms with Gasteiger partial charge in [0.05, 0.1) is 29.8 Å². The number of nitrogens with zero attached hydrogens (tertiary/aromatic N) is 1. The molecule has 0 spiro atoms. The van der Waals surface area contributed by atoms with E-state index in [9.17, 15) is 4.39 Å². The second-order valence-corrected chi connectivity index (χ2v) is 4.38. The third-order valence-electron chi connectivity index (χ3n) is 2.87. The summed E-state index contributed by atoms with van der Waals surface area (Å²) in [6.07, 6.45) is 3.50. The maximum Gasteiger partial charge on any atom is 0.128 e. The summed E-state index contributed by atoms with van der Waals surface area (Å²) in [5.41, 5.74) is 2.47. The second-order valence-electron chi connectivity index (χ2n) is 4.38. The largest absolute Gasteiger partial charge is 0.384 e. The van der Waals surface area contributed by atoms with Gasteiger partial charge in [-0.15, -0.1) is 0 Å². The van der Waals surface area contributed by atoms with Gasteiger partial charge in [-0.1, -0.05) is 18.2 Å². The van der Waals surface area contributed by atoms with Crippen molar-refractivity contribution in [1.29, 1.82) is 0 Å². The molecular formula is C15H18FN3. The van der Waals surface area contributed by atoms with Crippen molar-refractivity contribution in [2.45, 2.75) is 19.9 Å². The maximum absolute atomic E-state index is 13.7. The lowest BCUT2D eigenvalue weighted by atomic mass is 10.1. The van der Waals surface area contributed by atoms with Crippen LogP contribution in [0.2, 0.25) is 0 Å². The number of anilines is 2. The van der Waals surface area contributed by atoms with Gasteiger partial charge in [0.15, 0.2) is 0 Å². The molecule has 4 heteroatoms. The molecule has 0 amide bonds. The average molecular weight is 259 g/mol. The molecule has 1 aromatic heterocycles. The van der Waals surface area contributed by atoms with Crippen LogP contribution in [-0.4, -0.2) is 11.5 Å². The molecule has 0 radical (unpaired) electrons. The first-order valence-corrected chi connectivity index (χ1v) is 6.40. The second kappa shape index (κ2) is 6.18. The van der Waals surface area contributed by atoms with E-state index in [1.54, 1.807) is 24.5 Å². The summed E-state index contributed by atoms with van der Waals surface area (Å²) >= 11 is 0. The molecule has 0 aliphatic rings. The van der Waals surface area contributed by atoms with Gasteiger partial charge >= 0.3 is 0 Å². The number of hydrogen-bond donors (Lipinski definition) is 2. The quantitative estimate of drug-likeness (QED) is 0.857. The van der Waals surface area contributed by atoms with E-state index >= 15 is 0 Å². The predicted octanol–water partition coefficient (Wildman–Crippen LogP) is 3.83. The Morgan fingerprint density at radius 1 is 1.21 bits per heavy atom. The van der Waals surface area contributed by atoms with Crippen LogP contribution in [0.5, 0.6) is 0 Å². The SMILES string of the molecule is CCNc1cncc(NC(C)c2ccccc2F)c1. The van der Waals surface area contributed by atoms with Crippen molar-refractivity contribution in [3.63, 3.8) is 0 Å². The van der Waals surface area contributed by atoms with Crippen LogP contribution >= 0.6 is 0 Å². The molecule has 0 fully saturated rings. The van der Waals surface area contributed by atoms with Crippen molar-refractivity contribution >= 4 is 11.4 Å². The molecule has 1 aromatic carbocycles. The van der Waals surface area contributed by atoms with E-state index in [1.807, 2.05) is 26.0 Å². The highest BCUT2D eigenvalue weighted by molar-refractivity contribution is 5.54. The third kappa shape index (κ3) is 3.44. The molecule has 2 N–H and O–H groups in total. The standard InChI is InChI=1S/C15H18FN3/c1-3-18-12-8-13(10-17-9-12)19-11(2)14-6-4-5-7-15(14)16/h4-11,18-19H,3H2,1-2H3. The number of pyridine rings is 1. The van der Waals surface area contributed by atoms with Crippen LogP contribution in [0.15, 0.2) is 42.7 Å². The minimum absolute atomic E-state index is 0.111. The Morgan fingerprint density at radius 2 is 1.95 bits per heavy atom. The molecule has 2 rings (SSSR count). The Bertz CT molecular complexity index is 542. The monoisotopic (exact) mass is 259 g/mol. The first kappa shape index (κ1) is 13.3. The van der Waals surface area contributed by atoms with Crippen LogP contribution in [0, 0.1) is 5.82 Å². The summed E-state index contributed by atoms with van der Waals surface area (Å²) in [6.45, 7) is 4.80. The normalized spacial score (nSPS) is 11.9. The molecule has 1 unspecified atom stereocenters. The molecule has 1 atom stereocenters. The zero-order valence-electron chi connectivity index (χ0n) is 11.2. The first-order valence-electron chi connectivity index (χ1n) is 6.40. The molecule has 3 nitrogen and oxygen atoms in total. The molecule has 0 aliphatic carbocycles. The molecule has 0 aliphatic heterocycles. The van der Waals surface area contributed by atoms with E-state index < -0.39 is 0 Å². The minimum Gasteiger partial charge on any atom is -0.384 e. The van der Waals surface area contributed by atoms with E-state index in [0.29, 0.717) is 5.56 Å². The summed E-state index contributed by atoms with van der Waals surface area (Å²) in [5, 5.41) is 6.45. The van der Waals surface area contributed by atoms with E-state index in [-0.39, 0.29) is 11.9 Å². The van der Waals surface area contributed by atoms with E-state index in [0.717, 1.165) is 17.9 Å². The molecule has 100 valence electrons. The summed E-state index contributed by atoms with van der Waals surface area (Å²) in [7, 11) is 0. The fraction of sp³-hybridized carbons (Fsp3) is 0.267. The molecular weight excluding hydrogens is 241 g/mol. The number of aromatic nitrogens is 1. The Hall–Kier alpha value is -2.10. The molecule has 0 saturated heterocycles. The summed E-state index contributed by atoms with van der Waals surface area (Å²) in [5.74, 6) is -0.196. The van der Waals surface area contributed by atoms with E-state index in [4.69, 9.17) is 0 Å². The fourth-order valence-corrected chi connectivity index (χ4v) is 1.97. The van der Waals surface area contributed by atoms with Gasteiger partial charge in [-0.25, -0.2) is 4.39 Å². The minimum atomic E-state index is -0.196. The lowest BCUT2D eigenvalue weighted by Crippen LogP contribution is -2.09. The summed E-state index contributed by atoms with van der Waals surface area (Å²) in [4.78, 5) is 4.15. The van der Waals surface area contributed by atoms with Crippen LogP contribution in [0.1, 0.15) is 25.5 Å². The molecule has 1 heterocycles. The third-order valence-corrected chi connectivity index (χ3v) is 2.87. The van der Waals surface area contributed by atoms with Gasteiger partial charge in [-0.05, 0) is 26.0 Å². The number of rotatable bonds is 5. The van der Waals surface area contributed by atoms with Crippen molar-refractivity contribution in [3.05, 3.63) is 54.1 Å². The zero-order valence-corrected chi connectivity index (χ0v) is 11.2. The summed E-state index contributed by atoms with van der Waals surface area (Å²) < 4.78 is 13.7. The fourth-order valence-electron chi connectivity index (χ4n) is 1.97. The Kier molecular flexibility index (Phi) is 4.34. The van der Waals surface area contributed by atoms with Crippen LogP contribution in [0.3, 0.4) is 0 Å². The number of benzene rings is 1. The summed E-state index contributed by atoms with van der Waals surface area (Å²) in [6, 6.07) is 8.64. The molecule has 19 heavy (non-hydrogen) atoms. The lowest BCUT2D eigenvalue weighted by Gasteiger charge is -2.16. The van der Waals surface area contributed by atoms with Gasteiger partial charge in [-0.3, -0.25) is 4.98 Å². The van der Waals surface area contributed by atoms with Crippen LogP contribution in [0.25, 0.3) is 0 Å². The van der Waals surface area contributed by atoms with E-state index in [2.05, 4.69) is 15.6 Å². The van der Waals surface area contributed by atoms with Gasteiger partial charge in [-0.2, -0.15) is 0 Å². The van der Waals surface area contributed by atoms with Crippen molar-refractivity contribution in [2.24, 2.45) is 0 Å². The van der Waals surface area contributed by atoms with Crippen molar-refractivity contribution in [1.82, 2.24) is 4.98 Å². The van der Waals surface area contributed by atoms with Gasteiger partial charge in [0.25, 0.3) is 0 Å². The highest BCUT2D eigenvalue weighted by Gasteiger charge is 2.10. The van der Waals surface area contributed by atoms with Crippen LogP contribution in [-0.2, 0) is 0 Å². The number of nitrogens with one attached hydrogen (secondary N) is 2. The van der Waals surface area contributed by atoms with Crippen LogP contribution in [0.4, 0.5) is 15.8 Å². The molecule has 2 aromatic rings. The molecule has 0 bridgehead atoms. The molecule has 0 saturated carbocycles. The Balaban J connectivity index is 2.12. The van der Waals surface area contributed by atoms with Gasteiger partial charge < -0.3 is 10.6 Å². The van der Waals surface area contributed by atoms with Gasteiger partial charge in [0.2, 0.25) is 0 Å². The number of hydrogen-bond acceptors (Lipinski definition) is 3. The van der Waals surface area contributed by atoms with Gasteiger partial charge in [0.1, 0.15) is 5.82 Å². The van der Waals surface area contributed by atoms with Gasteiger partial charge in [0, 0.05) is 12.1 Å². The Morgan fingerprint density at radius 3 is 2.68 bits per heavy atom. The zero-order chi connectivity index (χ0) is 13.7. The van der Waals surface area contributed by atoms with Crippen molar-refractivity contribution in [2.75, 3.05) is 17.2 Å². The van der Waals surface area contributed by atoms with Crippen molar-refractivity contribution < 1.29 is 4.39 Å². The maximum atomic E-state index is 13.7.